The van der Waals surface area contributed by atoms with E-state index in [1.165, 1.54) is 6.07 Å². The molecule has 1 saturated heterocycles. The van der Waals surface area contributed by atoms with Crippen molar-refractivity contribution < 1.29 is 4.39 Å². The summed E-state index contributed by atoms with van der Waals surface area (Å²) in [5.41, 5.74) is 6.58. The number of nitrogens with two attached hydrogens (primary N) is 1. The number of halogens is 3. The Balaban J connectivity index is 0.00000144. The molecule has 96 valence electrons. The van der Waals surface area contributed by atoms with E-state index in [4.69, 9.17) is 17.3 Å². The zero-order chi connectivity index (χ0) is 11.7. The van der Waals surface area contributed by atoms with Gasteiger partial charge in [-0.1, -0.05) is 18.5 Å². The van der Waals surface area contributed by atoms with E-state index in [9.17, 15) is 4.39 Å². The fourth-order valence-electron chi connectivity index (χ4n) is 2.13. The number of benzene rings is 1. The molecule has 0 aromatic heterocycles. The Kier molecular flexibility index (Phi) is 5.20. The lowest BCUT2D eigenvalue weighted by atomic mass is 10.1. The van der Waals surface area contributed by atoms with Crippen molar-refractivity contribution >= 4 is 24.0 Å². The van der Waals surface area contributed by atoms with Gasteiger partial charge in [-0.3, -0.25) is 4.90 Å². The van der Waals surface area contributed by atoms with Gasteiger partial charge in [-0.15, -0.1) is 12.4 Å². The number of nitrogens with zero attached hydrogens (tertiary/aromatic N) is 1. The second kappa shape index (κ2) is 6.01. The molecule has 1 aliphatic rings. The molecule has 5 heteroatoms. The summed E-state index contributed by atoms with van der Waals surface area (Å²) in [5.74, 6) is 0.278. The molecule has 0 bridgehead atoms. The molecule has 1 heterocycles. The first-order chi connectivity index (χ1) is 7.56. The second-order valence-electron chi connectivity index (χ2n) is 4.57. The normalized spacial score (nSPS) is 24.7. The van der Waals surface area contributed by atoms with Gasteiger partial charge in [0.2, 0.25) is 0 Å². The Morgan fingerprint density at radius 3 is 2.76 bits per heavy atom. The zero-order valence-electron chi connectivity index (χ0n) is 9.70. The standard InChI is InChI=1S/C12H16ClFN2.ClH/c1-8-5-16(7-12(8)15)6-9-4-10(13)2-3-11(9)14;/h2-4,8,12H,5-7,15H2,1H3;1H. The zero-order valence-corrected chi connectivity index (χ0v) is 11.3. The number of likely N-dealkylation sites (tertiary alicyclic amines) is 1. The van der Waals surface area contributed by atoms with E-state index < -0.39 is 0 Å². The minimum atomic E-state index is -0.197. The molecule has 0 aliphatic carbocycles. The fraction of sp³-hybridized carbons (Fsp3) is 0.500. The topological polar surface area (TPSA) is 29.3 Å². The van der Waals surface area contributed by atoms with E-state index in [1.807, 2.05) is 0 Å². The first kappa shape index (κ1) is 14.7. The molecule has 2 atom stereocenters. The number of hydrogen-bond acceptors (Lipinski definition) is 2. The minimum absolute atomic E-state index is 0. The van der Waals surface area contributed by atoms with Gasteiger partial charge in [0.1, 0.15) is 5.82 Å². The number of rotatable bonds is 2. The lowest BCUT2D eigenvalue weighted by molar-refractivity contribution is 0.313. The molecule has 1 aromatic rings. The summed E-state index contributed by atoms with van der Waals surface area (Å²) in [5, 5.41) is 0.577. The van der Waals surface area contributed by atoms with Gasteiger partial charge in [-0.2, -0.15) is 0 Å². The summed E-state index contributed by atoms with van der Waals surface area (Å²) in [6.07, 6.45) is 0. The third-order valence-electron chi connectivity index (χ3n) is 3.15. The van der Waals surface area contributed by atoms with Gasteiger partial charge in [0.15, 0.2) is 0 Å². The van der Waals surface area contributed by atoms with Crippen LogP contribution in [0.5, 0.6) is 0 Å². The predicted octanol–water partition coefficient (Wildman–Crippen LogP) is 2.68. The lowest BCUT2D eigenvalue weighted by Crippen LogP contribution is -2.28. The van der Waals surface area contributed by atoms with E-state index in [1.54, 1.807) is 12.1 Å². The molecule has 0 amide bonds. The van der Waals surface area contributed by atoms with Gasteiger partial charge >= 0.3 is 0 Å². The highest BCUT2D eigenvalue weighted by atomic mass is 35.5. The SMILES string of the molecule is CC1CN(Cc2cc(Cl)ccc2F)CC1N.Cl. The van der Waals surface area contributed by atoms with Crippen LogP contribution in [0, 0.1) is 11.7 Å². The van der Waals surface area contributed by atoms with Crippen LogP contribution < -0.4 is 5.73 Å². The summed E-state index contributed by atoms with van der Waals surface area (Å²) in [4.78, 5) is 2.17. The Morgan fingerprint density at radius 1 is 1.47 bits per heavy atom. The smallest absolute Gasteiger partial charge is 0.127 e. The van der Waals surface area contributed by atoms with Crippen molar-refractivity contribution in [2.75, 3.05) is 13.1 Å². The quantitative estimate of drug-likeness (QED) is 0.901. The average Bonchev–Trinajstić information content (AvgIpc) is 2.52. The molecule has 2 unspecified atom stereocenters. The van der Waals surface area contributed by atoms with E-state index >= 15 is 0 Å². The maximum atomic E-state index is 13.5. The summed E-state index contributed by atoms with van der Waals surface area (Å²) in [7, 11) is 0. The predicted molar refractivity (Wildman–Crippen MR) is 71.1 cm³/mol. The van der Waals surface area contributed by atoms with Crippen LogP contribution in [-0.2, 0) is 6.54 Å². The third kappa shape index (κ3) is 3.55. The summed E-state index contributed by atoms with van der Waals surface area (Å²) in [6, 6.07) is 4.86. The summed E-state index contributed by atoms with van der Waals surface area (Å²) in [6.45, 7) is 4.46. The van der Waals surface area contributed by atoms with Gasteiger partial charge in [0.05, 0.1) is 0 Å². The van der Waals surface area contributed by atoms with Crippen LogP contribution in [0.1, 0.15) is 12.5 Å². The molecule has 1 fully saturated rings. The van der Waals surface area contributed by atoms with E-state index in [2.05, 4.69) is 11.8 Å². The Morgan fingerprint density at radius 2 is 2.18 bits per heavy atom. The average molecular weight is 279 g/mol. The molecule has 1 aromatic carbocycles. The molecule has 2 N–H and O–H groups in total. The van der Waals surface area contributed by atoms with Crippen molar-refractivity contribution in [3.63, 3.8) is 0 Å². The highest BCUT2D eigenvalue weighted by molar-refractivity contribution is 6.30. The molecule has 2 nitrogen and oxygen atoms in total. The van der Waals surface area contributed by atoms with Crippen LogP contribution in [0.2, 0.25) is 5.02 Å². The first-order valence-electron chi connectivity index (χ1n) is 5.48. The Labute approximate surface area is 112 Å². The summed E-state index contributed by atoms with van der Waals surface area (Å²) >= 11 is 5.85. The van der Waals surface area contributed by atoms with Crippen molar-refractivity contribution in [2.24, 2.45) is 11.7 Å². The maximum absolute atomic E-state index is 13.5. The van der Waals surface area contributed by atoms with Crippen LogP contribution in [0.15, 0.2) is 18.2 Å². The van der Waals surface area contributed by atoms with Crippen molar-refractivity contribution in [3.8, 4) is 0 Å². The van der Waals surface area contributed by atoms with Gasteiger partial charge in [-0.25, -0.2) is 4.39 Å². The molecule has 0 radical (unpaired) electrons. The molecule has 1 aliphatic heterocycles. The molecule has 0 saturated carbocycles. The molecular weight excluding hydrogens is 262 g/mol. The molecular formula is C12H17Cl2FN2. The summed E-state index contributed by atoms with van der Waals surface area (Å²) < 4.78 is 13.5. The largest absolute Gasteiger partial charge is 0.326 e. The molecule has 17 heavy (non-hydrogen) atoms. The first-order valence-corrected chi connectivity index (χ1v) is 5.86. The van der Waals surface area contributed by atoms with E-state index in [0.717, 1.165) is 13.1 Å². The van der Waals surface area contributed by atoms with Crippen LogP contribution in [0.3, 0.4) is 0 Å². The molecule has 0 spiro atoms. The maximum Gasteiger partial charge on any atom is 0.127 e. The lowest BCUT2D eigenvalue weighted by Gasteiger charge is -2.15. The van der Waals surface area contributed by atoms with Crippen LogP contribution in [0.25, 0.3) is 0 Å². The minimum Gasteiger partial charge on any atom is -0.326 e. The second-order valence-corrected chi connectivity index (χ2v) is 5.01. The fourth-order valence-corrected chi connectivity index (χ4v) is 2.32. The monoisotopic (exact) mass is 278 g/mol. The Bertz CT molecular complexity index is 377. The molecule has 2 rings (SSSR count). The van der Waals surface area contributed by atoms with Gasteiger partial charge < -0.3 is 5.73 Å². The van der Waals surface area contributed by atoms with Crippen molar-refractivity contribution in [1.29, 1.82) is 0 Å². The number of hydrogen-bond donors (Lipinski definition) is 1. The van der Waals surface area contributed by atoms with Crippen molar-refractivity contribution in [3.05, 3.63) is 34.6 Å². The van der Waals surface area contributed by atoms with Crippen LogP contribution >= 0.6 is 24.0 Å². The van der Waals surface area contributed by atoms with Crippen molar-refractivity contribution in [1.82, 2.24) is 4.90 Å². The highest BCUT2D eigenvalue weighted by Gasteiger charge is 2.26. The Hall–Kier alpha value is -0.350. The van der Waals surface area contributed by atoms with E-state index in [0.29, 0.717) is 23.0 Å². The van der Waals surface area contributed by atoms with Crippen LogP contribution in [0.4, 0.5) is 4.39 Å². The van der Waals surface area contributed by atoms with Gasteiger partial charge in [0, 0.05) is 36.3 Å². The highest BCUT2D eigenvalue weighted by Crippen LogP contribution is 2.21. The van der Waals surface area contributed by atoms with Gasteiger partial charge in [0.25, 0.3) is 0 Å². The third-order valence-corrected chi connectivity index (χ3v) is 3.38. The van der Waals surface area contributed by atoms with Crippen molar-refractivity contribution in [2.45, 2.75) is 19.5 Å². The van der Waals surface area contributed by atoms with Crippen LogP contribution in [-0.4, -0.2) is 24.0 Å². The van der Waals surface area contributed by atoms with E-state index in [-0.39, 0.29) is 24.3 Å². The van der Waals surface area contributed by atoms with Gasteiger partial charge in [-0.05, 0) is 24.1 Å².